The Bertz CT molecular complexity index is 299. The van der Waals surface area contributed by atoms with Crippen molar-refractivity contribution in [3.05, 3.63) is 29.8 Å². The highest BCUT2D eigenvalue weighted by atomic mass is 16.5. The zero-order valence-electron chi connectivity index (χ0n) is 11.2. The molecule has 0 aliphatic carbocycles. The van der Waals surface area contributed by atoms with E-state index >= 15 is 0 Å². The first-order valence-corrected chi connectivity index (χ1v) is 6.79. The average Bonchev–Trinajstić information content (AvgIpc) is 2.36. The molecular formula is C15H25NO. The molecule has 0 unspecified atom stereocenters. The minimum atomic E-state index is 0.823. The van der Waals surface area contributed by atoms with E-state index < -0.39 is 0 Å². The van der Waals surface area contributed by atoms with Gasteiger partial charge in [0.15, 0.2) is 0 Å². The lowest BCUT2D eigenvalue weighted by Gasteiger charge is -2.08. The monoisotopic (exact) mass is 235 g/mol. The van der Waals surface area contributed by atoms with Crippen LogP contribution in [-0.4, -0.2) is 13.2 Å². The summed E-state index contributed by atoms with van der Waals surface area (Å²) in [5, 5.41) is 3.44. The highest BCUT2D eigenvalue weighted by Gasteiger charge is 1.96. The summed E-state index contributed by atoms with van der Waals surface area (Å²) in [6.07, 6.45) is 4.79. The standard InChI is InChI=1S/C15H25NO/c1-3-5-10-16-13-14-8-7-9-15(12-14)17-11-6-4-2/h7-9,12,16H,3-6,10-11,13H2,1-2H3. The molecule has 17 heavy (non-hydrogen) atoms. The number of benzene rings is 1. The lowest BCUT2D eigenvalue weighted by Crippen LogP contribution is -2.14. The van der Waals surface area contributed by atoms with E-state index in [2.05, 4.69) is 37.4 Å². The Hall–Kier alpha value is -1.02. The molecule has 0 saturated carbocycles. The molecular weight excluding hydrogens is 210 g/mol. The van der Waals surface area contributed by atoms with E-state index in [0.717, 1.165) is 31.9 Å². The molecule has 2 nitrogen and oxygen atoms in total. The summed E-state index contributed by atoms with van der Waals surface area (Å²) in [6, 6.07) is 8.38. The lowest BCUT2D eigenvalue weighted by molar-refractivity contribution is 0.309. The number of nitrogens with one attached hydrogen (secondary N) is 1. The van der Waals surface area contributed by atoms with Gasteiger partial charge in [-0.15, -0.1) is 0 Å². The number of ether oxygens (including phenoxy) is 1. The predicted octanol–water partition coefficient (Wildman–Crippen LogP) is 3.76. The summed E-state index contributed by atoms with van der Waals surface area (Å²) in [6.45, 7) is 7.24. The molecule has 0 atom stereocenters. The summed E-state index contributed by atoms with van der Waals surface area (Å²) in [5.41, 5.74) is 1.30. The molecule has 96 valence electrons. The molecule has 0 bridgehead atoms. The van der Waals surface area contributed by atoms with Crippen LogP contribution in [0.15, 0.2) is 24.3 Å². The van der Waals surface area contributed by atoms with Crippen molar-refractivity contribution in [1.82, 2.24) is 5.32 Å². The fourth-order valence-electron chi connectivity index (χ4n) is 1.61. The Morgan fingerprint density at radius 2 is 1.94 bits per heavy atom. The van der Waals surface area contributed by atoms with Crippen LogP contribution in [0.2, 0.25) is 0 Å². The first-order chi connectivity index (χ1) is 8.36. The predicted molar refractivity (Wildman–Crippen MR) is 73.5 cm³/mol. The number of hydrogen-bond acceptors (Lipinski definition) is 2. The first-order valence-electron chi connectivity index (χ1n) is 6.79. The smallest absolute Gasteiger partial charge is 0.119 e. The van der Waals surface area contributed by atoms with Gasteiger partial charge in [-0.3, -0.25) is 0 Å². The van der Waals surface area contributed by atoms with Gasteiger partial charge in [0.1, 0.15) is 5.75 Å². The van der Waals surface area contributed by atoms with Crippen LogP contribution >= 0.6 is 0 Å². The molecule has 1 N–H and O–H groups in total. The molecule has 0 radical (unpaired) electrons. The second-order valence-corrected chi connectivity index (χ2v) is 4.38. The van der Waals surface area contributed by atoms with Gasteiger partial charge in [0, 0.05) is 6.54 Å². The fraction of sp³-hybridized carbons (Fsp3) is 0.600. The molecule has 1 aromatic carbocycles. The molecule has 0 amide bonds. The normalized spacial score (nSPS) is 10.5. The van der Waals surface area contributed by atoms with E-state index in [1.54, 1.807) is 0 Å². The number of unbranched alkanes of at least 4 members (excludes halogenated alkanes) is 2. The summed E-state index contributed by atoms with van der Waals surface area (Å²) < 4.78 is 5.69. The van der Waals surface area contributed by atoms with Crippen LogP contribution < -0.4 is 10.1 Å². The molecule has 2 heteroatoms. The lowest BCUT2D eigenvalue weighted by atomic mass is 10.2. The van der Waals surface area contributed by atoms with Crippen molar-refractivity contribution in [3.63, 3.8) is 0 Å². The quantitative estimate of drug-likeness (QED) is 0.658. The van der Waals surface area contributed by atoms with Gasteiger partial charge in [0.2, 0.25) is 0 Å². The minimum absolute atomic E-state index is 0.823. The molecule has 0 aromatic heterocycles. The third-order valence-electron chi connectivity index (χ3n) is 2.70. The van der Waals surface area contributed by atoms with Crippen LogP contribution in [0, 0.1) is 0 Å². The summed E-state index contributed by atoms with van der Waals surface area (Å²) >= 11 is 0. The maximum Gasteiger partial charge on any atom is 0.119 e. The van der Waals surface area contributed by atoms with Gasteiger partial charge in [0.25, 0.3) is 0 Å². The SMILES string of the molecule is CCCCNCc1cccc(OCCCC)c1. The molecule has 0 fully saturated rings. The minimum Gasteiger partial charge on any atom is -0.494 e. The highest BCUT2D eigenvalue weighted by molar-refractivity contribution is 5.28. The topological polar surface area (TPSA) is 21.3 Å². The van der Waals surface area contributed by atoms with Crippen molar-refractivity contribution in [2.75, 3.05) is 13.2 Å². The van der Waals surface area contributed by atoms with Crippen LogP contribution in [0.25, 0.3) is 0 Å². The summed E-state index contributed by atoms with van der Waals surface area (Å²) in [4.78, 5) is 0. The Labute approximate surface area is 105 Å². The molecule has 0 aliphatic heterocycles. The van der Waals surface area contributed by atoms with Crippen LogP contribution in [0.3, 0.4) is 0 Å². The van der Waals surface area contributed by atoms with E-state index in [-0.39, 0.29) is 0 Å². The fourth-order valence-corrected chi connectivity index (χ4v) is 1.61. The Morgan fingerprint density at radius 1 is 1.12 bits per heavy atom. The summed E-state index contributed by atoms with van der Waals surface area (Å²) in [7, 11) is 0. The van der Waals surface area contributed by atoms with Gasteiger partial charge >= 0.3 is 0 Å². The molecule has 0 heterocycles. The van der Waals surface area contributed by atoms with Gasteiger partial charge in [-0.1, -0.05) is 38.8 Å². The largest absolute Gasteiger partial charge is 0.494 e. The molecule has 1 rings (SSSR count). The van der Waals surface area contributed by atoms with E-state index in [1.165, 1.54) is 24.8 Å². The van der Waals surface area contributed by atoms with Crippen molar-refractivity contribution in [2.24, 2.45) is 0 Å². The first kappa shape index (κ1) is 14.0. The molecule has 1 aromatic rings. The average molecular weight is 235 g/mol. The van der Waals surface area contributed by atoms with Crippen molar-refractivity contribution < 1.29 is 4.74 Å². The van der Waals surface area contributed by atoms with E-state index in [9.17, 15) is 0 Å². The van der Waals surface area contributed by atoms with Crippen molar-refractivity contribution >= 4 is 0 Å². The van der Waals surface area contributed by atoms with Crippen molar-refractivity contribution in [1.29, 1.82) is 0 Å². The number of hydrogen-bond donors (Lipinski definition) is 1. The van der Waals surface area contributed by atoms with Gasteiger partial charge in [-0.05, 0) is 37.1 Å². The maximum atomic E-state index is 5.69. The Morgan fingerprint density at radius 3 is 2.71 bits per heavy atom. The van der Waals surface area contributed by atoms with E-state index in [4.69, 9.17) is 4.74 Å². The molecule has 0 spiro atoms. The van der Waals surface area contributed by atoms with E-state index in [1.807, 2.05) is 6.07 Å². The Kier molecular flexibility index (Phi) is 7.48. The van der Waals surface area contributed by atoms with Crippen molar-refractivity contribution in [3.8, 4) is 5.75 Å². The zero-order valence-corrected chi connectivity index (χ0v) is 11.2. The van der Waals surface area contributed by atoms with Crippen LogP contribution in [-0.2, 0) is 6.54 Å². The van der Waals surface area contributed by atoms with Gasteiger partial charge in [-0.25, -0.2) is 0 Å². The molecule has 0 saturated heterocycles. The maximum absolute atomic E-state index is 5.69. The zero-order chi connectivity index (χ0) is 12.3. The second kappa shape index (κ2) is 9.06. The highest BCUT2D eigenvalue weighted by Crippen LogP contribution is 2.13. The van der Waals surface area contributed by atoms with Gasteiger partial charge in [-0.2, -0.15) is 0 Å². The second-order valence-electron chi connectivity index (χ2n) is 4.38. The Balaban J connectivity index is 2.31. The summed E-state index contributed by atoms with van der Waals surface area (Å²) in [5.74, 6) is 0.994. The third kappa shape index (κ3) is 6.32. The van der Waals surface area contributed by atoms with E-state index in [0.29, 0.717) is 0 Å². The van der Waals surface area contributed by atoms with Crippen LogP contribution in [0.5, 0.6) is 5.75 Å². The van der Waals surface area contributed by atoms with Crippen molar-refractivity contribution in [2.45, 2.75) is 46.1 Å². The third-order valence-corrected chi connectivity index (χ3v) is 2.70. The number of rotatable bonds is 9. The van der Waals surface area contributed by atoms with Gasteiger partial charge < -0.3 is 10.1 Å². The molecule has 0 aliphatic rings. The van der Waals surface area contributed by atoms with Crippen LogP contribution in [0.1, 0.15) is 45.1 Å². The van der Waals surface area contributed by atoms with Crippen LogP contribution in [0.4, 0.5) is 0 Å². The van der Waals surface area contributed by atoms with Gasteiger partial charge in [0.05, 0.1) is 6.61 Å².